The molecule has 0 unspecified atom stereocenters. The van der Waals surface area contributed by atoms with E-state index in [2.05, 4.69) is 20.5 Å². The molecule has 0 atom stereocenters. The fraction of sp³-hybridized carbons (Fsp3) is 0. The maximum absolute atomic E-state index is 12.0. The first-order valence-electron chi connectivity index (χ1n) is 11.2. The SMILES string of the molecule is Nc1ccc(N=Nc2ccc(N=Nc3ccccc3)c3ccc(S(=O)(=O)O)cc23)c2c(S(=O)(=O)O)cccc12. The molecule has 0 radical (unpaired) electrons. The number of benzene rings is 5. The van der Waals surface area contributed by atoms with Crippen molar-refractivity contribution in [2.45, 2.75) is 9.79 Å². The normalized spacial score (nSPS) is 12.7. The predicted molar refractivity (Wildman–Crippen MR) is 147 cm³/mol. The van der Waals surface area contributed by atoms with Crippen LogP contribution in [-0.4, -0.2) is 25.9 Å². The Balaban J connectivity index is 1.69. The Hall–Kier alpha value is -4.56. The Morgan fingerprint density at radius 3 is 1.90 bits per heavy atom. The summed E-state index contributed by atoms with van der Waals surface area (Å²) in [6.07, 6.45) is 0. The standard InChI is InChI=1S/C26H19N5O6S2/c27-21-11-12-24(26-19(21)7-4-8-25(26)39(35,36)37)31-30-23-14-13-22(29-28-16-5-2-1-3-6-16)18-10-9-17(15-20(18)23)38(32,33)34/h1-15H,27H2,(H,32,33,34)(H,35,36,37). The van der Waals surface area contributed by atoms with Gasteiger partial charge in [-0.2, -0.15) is 21.9 Å². The van der Waals surface area contributed by atoms with E-state index >= 15 is 0 Å². The number of azo groups is 2. The molecule has 0 saturated carbocycles. The van der Waals surface area contributed by atoms with Crippen LogP contribution >= 0.6 is 0 Å². The molecule has 0 aromatic heterocycles. The highest BCUT2D eigenvalue weighted by atomic mass is 32.2. The van der Waals surface area contributed by atoms with Gasteiger partial charge in [0.25, 0.3) is 20.2 Å². The molecule has 0 heterocycles. The van der Waals surface area contributed by atoms with E-state index in [1.54, 1.807) is 24.3 Å². The summed E-state index contributed by atoms with van der Waals surface area (Å²) < 4.78 is 67.1. The van der Waals surface area contributed by atoms with E-state index in [0.29, 0.717) is 22.1 Å². The van der Waals surface area contributed by atoms with Crippen molar-refractivity contribution in [3.05, 3.63) is 91.0 Å². The molecule has 11 nitrogen and oxygen atoms in total. The van der Waals surface area contributed by atoms with Crippen LogP contribution in [0, 0.1) is 0 Å². The van der Waals surface area contributed by atoms with Gasteiger partial charge in [-0.25, -0.2) is 0 Å². The van der Waals surface area contributed by atoms with E-state index in [0.717, 1.165) is 0 Å². The molecule has 4 N–H and O–H groups in total. The van der Waals surface area contributed by atoms with Gasteiger partial charge < -0.3 is 5.73 Å². The van der Waals surface area contributed by atoms with Crippen LogP contribution in [0.5, 0.6) is 0 Å². The monoisotopic (exact) mass is 561 g/mol. The number of fused-ring (bicyclic) bond motifs is 2. The fourth-order valence-electron chi connectivity index (χ4n) is 4.02. The predicted octanol–water partition coefficient (Wildman–Crippen LogP) is 6.90. The number of rotatable bonds is 6. The van der Waals surface area contributed by atoms with Crippen molar-refractivity contribution in [2.24, 2.45) is 20.5 Å². The van der Waals surface area contributed by atoms with Gasteiger partial charge in [-0.05, 0) is 54.6 Å². The minimum Gasteiger partial charge on any atom is -0.398 e. The molecule has 5 rings (SSSR count). The van der Waals surface area contributed by atoms with E-state index in [1.165, 1.54) is 48.5 Å². The van der Waals surface area contributed by atoms with Crippen molar-refractivity contribution in [1.29, 1.82) is 0 Å². The molecule has 13 heteroatoms. The third-order valence-electron chi connectivity index (χ3n) is 5.83. The van der Waals surface area contributed by atoms with Crippen LogP contribution in [0.4, 0.5) is 28.4 Å². The van der Waals surface area contributed by atoms with Crippen molar-refractivity contribution in [3.63, 3.8) is 0 Å². The highest BCUT2D eigenvalue weighted by molar-refractivity contribution is 7.86. The van der Waals surface area contributed by atoms with E-state index in [1.807, 2.05) is 18.2 Å². The number of nitrogens with two attached hydrogens (primary N) is 1. The second kappa shape index (κ2) is 9.96. The van der Waals surface area contributed by atoms with Crippen LogP contribution in [0.2, 0.25) is 0 Å². The lowest BCUT2D eigenvalue weighted by Crippen LogP contribution is -2.00. The van der Waals surface area contributed by atoms with Crippen molar-refractivity contribution in [1.82, 2.24) is 0 Å². The van der Waals surface area contributed by atoms with E-state index < -0.39 is 25.1 Å². The van der Waals surface area contributed by atoms with Crippen LogP contribution < -0.4 is 5.73 Å². The molecule has 0 aliphatic rings. The molecule has 0 bridgehead atoms. The number of nitrogen functional groups attached to an aromatic ring is 1. The van der Waals surface area contributed by atoms with Gasteiger partial charge in [-0.1, -0.05) is 36.4 Å². The quantitative estimate of drug-likeness (QED) is 0.114. The fourth-order valence-corrected chi connectivity index (χ4v) is 5.25. The smallest absolute Gasteiger partial charge is 0.295 e. The zero-order valence-electron chi connectivity index (χ0n) is 19.9. The summed E-state index contributed by atoms with van der Waals surface area (Å²) in [4.78, 5) is -0.758. The maximum Gasteiger partial charge on any atom is 0.295 e. The van der Waals surface area contributed by atoms with Crippen molar-refractivity contribution < 1.29 is 25.9 Å². The summed E-state index contributed by atoms with van der Waals surface area (Å²) in [5, 5.41) is 18.1. The average molecular weight is 562 g/mol. The highest BCUT2D eigenvalue weighted by Gasteiger charge is 2.18. The Morgan fingerprint density at radius 2 is 1.21 bits per heavy atom. The van der Waals surface area contributed by atoms with E-state index in [-0.39, 0.29) is 32.7 Å². The number of nitrogens with zero attached hydrogens (tertiary/aromatic N) is 4. The summed E-state index contributed by atoms with van der Waals surface area (Å²) in [5.41, 5.74) is 7.59. The van der Waals surface area contributed by atoms with Gasteiger partial charge in [0.1, 0.15) is 4.90 Å². The second-order valence-corrected chi connectivity index (χ2v) is 11.2. The topological polar surface area (TPSA) is 184 Å². The minimum absolute atomic E-state index is 0.0694. The molecule has 5 aromatic carbocycles. The highest BCUT2D eigenvalue weighted by Crippen LogP contribution is 2.39. The summed E-state index contributed by atoms with van der Waals surface area (Å²) in [6, 6.07) is 23.3. The van der Waals surface area contributed by atoms with Crippen molar-refractivity contribution in [3.8, 4) is 0 Å². The van der Waals surface area contributed by atoms with Gasteiger partial charge in [0.2, 0.25) is 0 Å². The number of hydrogen-bond acceptors (Lipinski definition) is 9. The molecule has 0 aliphatic carbocycles. The largest absolute Gasteiger partial charge is 0.398 e. The average Bonchev–Trinajstić information content (AvgIpc) is 2.91. The summed E-state index contributed by atoms with van der Waals surface area (Å²) >= 11 is 0. The lowest BCUT2D eigenvalue weighted by molar-refractivity contribution is 0.481. The van der Waals surface area contributed by atoms with E-state index in [4.69, 9.17) is 5.73 Å². The molecule has 0 saturated heterocycles. The first-order chi connectivity index (χ1) is 18.5. The van der Waals surface area contributed by atoms with Gasteiger partial charge in [-0.3, -0.25) is 9.11 Å². The lowest BCUT2D eigenvalue weighted by atomic mass is 10.1. The molecule has 0 aliphatic heterocycles. The van der Waals surface area contributed by atoms with Crippen LogP contribution in [0.1, 0.15) is 0 Å². The summed E-state index contributed by atoms with van der Waals surface area (Å²) in [6.45, 7) is 0. The first-order valence-corrected chi connectivity index (χ1v) is 14.1. The van der Waals surface area contributed by atoms with Gasteiger partial charge in [0.15, 0.2) is 0 Å². The Bertz CT molecular complexity index is 2030. The Labute approximate surface area is 222 Å². The molecular formula is C26H19N5O6S2. The van der Waals surface area contributed by atoms with Crippen LogP contribution in [-0.2, 0) is 20.2 Å². The molecule has 0 fully saturated rings. The zero-order valence-corrected chi connectivity index (χ0v) is 21.5. The molecule has 5 aromatic rings. The third-order valence-corrected chi connectivity index (χ3v) is 7.57. The van der Waals surface area contributed by atoms with Crippen molar-refractivity contribution in [2.75, 3.05) is 5.73 Å². The molecule has 0 spiro atoms. The Kier molecular flexibility index (Phi) is 6.66. The molecule has 39 heavy (non-hydrogen) atoms. The van der Waals surface area contributed by atoms with Gasteiger partial charge >= 0.3 is 0 Å². The van der Waals surface area contributed by atoms with Crippen LogP contribution in [0.3, 0.4) is 0 Å². The summed E-state index contributed by atoms with van der Waals surface area (Å²) in [5.74, 6) is 0. The summed E-state index contributed by atoms with van der Waals surface area (Å²) in [7, 11) is -9.15. The molecule has 196 valence electrons. The number of hydrogen-bond donors (Lipinski definition) is 3. The second-order valence-electron chi connectivity index (χ2n) is 8.35. The third kappa shape index (κ3) is 5.37. The van der Waals surface area contributed by atoms with E-state index in [9.17, 15) is 25.9 Å². The molecule has 0 amide bonds. The zero-order chi connectivity index (χ0) is 27.8. The van der Waals surface area contributed by atoms with Gasteiger partial charge in [0, 0.05) is 27.2 Å². The van der Waals surface area contributed by atoms with Gasteiger partial charge in [0.05, 0.1) is 27.6 Å². The van der Waals surface area contributed by atoms with Gasteiger partial charge in [-0.15, -0.1) is 15.3 Å². The Morgan fingerprint density at radius 1 is 0.564 bits per heavy atom. The minimum atomic E-state index is -4.62. The van der Waals surface area contributed by atoms with Crippen molar-refractivity contribution >= 4 is 70.2 Å². The first kappa shape index (κ1) is 26.1. The van der Waals surface area contributed by atoms with Crippen LogP contribution in [0.15, 0.2) is 121 Å². The lowest BCUT2D eigenvalue weighted by Gasteiger charge is -2.09. The maximum atomic E-state index is 12.0. The molecular weight excluding hydrogens is 542 g/mol. The number of anilines is 1. The van der Waals surface area contributed by atoms with Crippen LogP contribution in [0.25, 0.3) is 21.5 Å².